The van der Waals surface area contributed by atoms with Gasteiger partial charge in [0.2, 0.25) is 0 Å². The number of hydrogen-bond acceptors (Lipinski definition) is 5. The molecule has 1 N–H and O–H groups in total. The lowest BCUT2D eigenvalue weighted by Gasteiger charge is -2.22. The number of non-ortho nitro benzene ring substituents is 1. The number of nitro groups is 1. The van der Waals surface area contributed by atoms with E-state index in [1.165, 1.54) is 0 Å². The van der Waals surface area contributed by atoms with Crippen LogP contribution in [0.15, 0.2) is 29.2 Å². The quantitative estimate of drug-likeness (QED) is 0.476. The van der Waals surface area contributed by atoms with Crippen LogP contribution < -0.4 is 5.32 Å². The van der Waals surface area contributed by atoms with Crippen LogP contribution in [0, 0.1) is 16.0 Å². The van der Waals surface area contributed by atoms with Crippen LogP contribution in [0.25, 0.3) is 0 Å². The summed E-state index contributed by atoms with van der Waals surface area (Å²) in [6, 6.07) is 7.18. The van der Waals surface area contributed by atoms with E-state index in [0.29, 0.717) is 12.0 Å². The normalized spacial score (nSPS) is 19.9. The van der Waals surface area contributed by atoms with Gasteiger partial charge in [-0.1, -0.05) is 6.92 Å². The average Bonchev–Trinajstić information content (AvgIpc) is 2.98. The van der Waals surface area contributed by atoms with E-state index in [1.807, 2.05) is 12.1 Å². The summed E-state index contributed by atoms with van der Waals surface area (Å²) in [5, 5.41) is 14.1. The van der Waals surface area contributed by atoms with E-state index in [0.717, 1.165) is 36.8 Å². The molecule has 2 unspecified atom stereocenters. The van der Waals surface area contributed by atoms with Gasteiger partial charge < -0.3 is 10.1 Å². The molecule has 0 bridgehead atoms. The number of ether oxygens (including phenoxy) is 1. The predicted octanol–water partition coefficient (Wildman–Crippen LogP) is 2.70. The molecule has 2 atom stereocenters. The maximum Gasteiger partial charge on any atom is 0.269 e. The molecule has 0 aliphatic carbocycles. The van der Waals surface area contributed by atoms with E-state index >= 15 is 0 Å². The summed E-state index contributed by atoms with van der Waals surface area (Å²) in [6.07, 6.45) is 1.11. The molecule has 1 aliphatic rings. The molecule has 1 aromatic carbocycles. The van der Waals surface area contributed by atoms with Crippen molar-refractivity contribution in [1.82, 2.24) is 5.32 Å². The van der Waals surface area contributed by atoms with Crippen molar-refractivity contribution < 1.29 is 9.66 Å². The van der Waals surface area contributed by atoms with Gasteiger partial charge in [0.25, 0.3) is 5.69 Å². The van der Waals surface area contributed by atoms with Gasteiger partial charge in [-0.3, -0.25) is 10.1 Å². The first-order chi connectivity index (χ1) is 9.70. The Morgan fingerprint density at radius 1 is 1.50 bits per heavy atom. The Balaban J connectivity index is 1.89. The molecule has 1 heterocycles. The van der Waals surface area contributed by atoms with E-state index < -0.39 is 0 Å². The Labute approximate surface area is 123 Å². The molecule has 1 aromatic rings. The predicted molar refractivity (Wildman–Crippen MR) is 80.2 cm³/mol. The van der Waals surface area contributed by atoms with Crippen LogP contribution in [-0.2, 0) is 4.74 Å². The van der Waals surface area contributed by atoms with Crippen molar-refractivity contribution in [2.75, 3.05) is 25.5 Å². The minimum atomic E-state index is -0.369. The summed E-state index contributed by atoms with van der Waals surface area (Å²) in [4.78, 5) is 11.3. The van der Waals surface area contributed by atoms with E-state index in [-0.39, 0.29) is 10.6 Å². The maximum absolute atomic E-state index is 10.6. The van der Waals surface area contributed by atoms with Gasteiger partial charge >= 0.3 is 0 Å². The van der Waals surface area contributed by atoms with Crippen molar-refractivity contribution in [2.45, 2.75) is 24.3 Å². The summed E-state index contributed by atoms with van der Waals surface area (Å²) < 4.78 is 5.45. The number of nitrogens with zero attached hydrogens (tertiary/aromatic N) is 1. The van der Waals surface area contributed by atoms with Crippen LogP contribution in [0.2, 0.25) is 0 Å². The molecule has 0 radical (unpaired) electrons. The van der Waals surface area contributed by atoms with Crippen molar-refractivity contribution in [3.63, 3.8) is 0 Å². The van der Waals surface area contributed by atoms with Crippen LogP contribution in [0.5, 0.6) is 0 Å². The molecule has 0 amide bonds. The van der Waals surface area contributed by atoms with Gasteiger partial charge in [-0.15, -0.1) is 11.8 Å². The fraction of sp³-hybridized carbons (Fsp3) is 0.571. The second-order valence-corrected chi connectivity index (χ2v) is 5.94. The summed E-state index contributed by atoms with van der Waals surface area (Å²) in [6.45, 7) is 4.74. The van der Waals surface area contributed by atoms with E-state index in [2.05, 4.69) is 12.2 Å². The van der Waals surface area contributed by atoms with Crippen molar-refractivity contribution in [2.24, 2.45) is 5.92 Å². The van der Waals surface area contributed by atoms with Crippen LogP contribution in [-0.4, -0.2) is 36.5 Å². The number of rotatable bonds is 7. The first-order valence-electron chi connectivity index (χ1n) is 6.89. The minimum absolute atomic E-state index is 0.141. The van der Waals surface area contributed by atoms with Gasteiger partial charge in [-0.05, 0) is 25.1 Å². The second kappa shape index (κ2) is 7.61. The fourth-order valence-electron chi connectivity index (χ4n) is 2.34. The molecule has 1 fully saturated rings. The van der Waals surface area contributed by atoms with Gasteiger partial charge in [-0.2, -0.15) is 0 Å². The Hall–Kier alpha value is -1.11. The highest BCUT2D eigenvalue weighted by Gasteiger charge is 2.25. The van der Waals surface area contributed by atoms with Gasteiger partial charge in [0.15, 0.2) is 0 Å². The number of hydrogen-bond donors (Lipinski definition) is 1. The fourth-order valence-corrected chi connectivity index (χ4v) is 3.43. The van der Waals surface area contributed by atoms with Crippen molar-refractivity contribution in [3.8, 4) is 0 Å². The van der Waals surface area contributed by atoms with Crippen LogP contribution in [0.3, 0.4) is 0 Å². The number of thioether (sulfide) groups is 1. The Morgan fingerprint density at radius 3 is 2.80 bits per heavy atom. The standard InChI is InChI=1S/C14H20N2O3S/c1-2-15-14(11-7-8-19-9-11)10-20-13-5-3-12(4-6-13)16(17)18/h3-6,11,14-15H,2,7-10H2,1H3. The SMILES string of the molecule is CCNC(CSc1ccc([N+](=O)[O-])cc1)C1CCOC1. The highest BCUT2D eigenvalue weighted by Crippen LogP contribution is 2.26. The molecule has 5 nitrogen and oxygen atoms in total. The van der Waals surface area contributed by atoms with E-state index in [4.69, 9.17) is 4.74 Å². The van der Waals surface area contributed by atoms with Crippen LogP contribution >= 0.6 is 11.8 Å². The molecule has 1 aliphatic heterocycles. The zero-order valence-electron chi connectivity index (χ0n) is 11.6. The molecule has 110 valence electrons. The third-order valence-electron chi connectivity index (χ3n) is 3.48. The molecule has 0 spiro atoms. The first-order valence-corrected chi connectivity index (χ1v) is 7.87. The molecule has 1 saturated heterocycles. The molecular formula is C14H20N2O3S. The molecule has 0 saturated carbocycles. The van der Waals surface area contributed by atoms with Gasteiger partial charge in [-0.25, -0.2) is 0 Å². The summed E-state index contributed by atoms with van der Waals surface area (Å²) in [5.74, 6) is 1.53. The number of nitrogens with one attached hydrogen (secondary N) is 1. The topological polar surface area (TPSA) is 64.4 Å². The third-order valence-corrected chi connectivity index (χ3v) is 4.61. The third kappa shape index (κ3) is 4.19. The van der Waals surface area contributed by atoms with Crippen molar-refractivity contribution in [1.29, 1.82) is 0 Å². The Bertz CT molecular complexity index is 433. The zero-order chi connectivity index (χ0) is 14.4. The Kier molecular flexibility index (Phi) is 5.82. The smallest absolute Gasteiger partial charge is 0.269 e. The number of benzene rings is 1. The summed E-state index contributed by atoms with van der Waals surface area (Å²) in [7, 11) is 0. The Morgan fingerprint density at radius 2 is 2.25 bits per heavy atom. The summed E-state index contributed by atoms with van der Waals surface area (Å²) in [5.41, 5.74) is 0.141. The van der Waals surface area contributed by atoms with E-state index in [1.54, 1.807) is 23.9 Å². The lowest BCUT2D eigenvalue weighted by Crippen LogP contribution is -2.38. The molecular weight excluding hydrogens is 276 g/mol. The molecule has 6 heteroatoms. The lowest BCUT2D eigenvalue weighted by molar-refractivity contribution is -0.384. The molecule has 20 heavy (non-hydrogen) atoms. The van der Waals surface area contributed by atoms with Crippen LogP contribution in [0.4, 0.5) is 5.69 Å². The summed E-state index contributed by atoms with van der Waals surface area (Å²) >= 11 is 1.74. The molecule has 2 rings (SSSR count). The monoisotopic (exact) mass is 296 g/mol. The van der Waals surface area contributed by atoms with Gasteiger partial charge in [0.05, 0.1) is 11.5 Å². The zero-order valence-corrected chi connectivity index (χ0v) is 12.4. The van der Waals surface area contributed by atoms with Crippen LogP contribution in [0.1, 0.15) is 13.3 Å². The van der Waals surface area contributed by atoms with E-state index in [9.17, 15) is 10.1 Å². The maximum atomic E-state index is 10.6. The average molecular weight is 296 g/mol. The first kappa shape index (κ1) is 15.3. The highest BCUT2D eigenvalue weighted by molar-refractivity contribution is 7.99. The minimum Gasteiger partial charge on any atom is -0.381 e. The van der Waals surface area contributed by atoms with Gasteiger partial charge in [0.1, 0.15) is 0 Å². The van der Waals surface area contributed by atoms with Crippen molar-refractivity contribution in [3.05, 3.63) is 34.4 Å². The largest absolute Gasteiger partial charge is 0.381 e. The van der Waals surface area contributed by atoms with Gasteiger partial charge in [0, 0.05) is 41.3 Å². The lowest BCUT2D eigenvalue weighted by atomic mass is 10.0. The molecule has 0 aromatic heterocycles. The highest BCUT2D eigenvalue weighted by atomic mass is 32.2. The second-order valence-electron chi connectivity index (χ2n) is 4.85. The van der Waals surface area contributed by atoms with Crippen molar-refractivity contribution >= 4 is 17.4 Å². The number of nitro benzene ring substituents is 1.